The summed E-state index contributed by atoms with van der Waals surface area (Å²) in [6, 6.07) is 6.19. The molecule has 1 N–H and O–H groups in total. The maximum Gasteiger partial charge on any atom is 0.151 e. The summed E-state index contributed by atoms with van der Waals surface area (Å²) < 4.78 is 36.8. The molecule has 1 aromatic rings. The number of benzene rings is 1. The molecule has 3 nitrogen and oxygen atoms in total. The number of halogens is 1. The van der Waals surface area contributed by atoms with Crippen LogP contribution in [-0.2, 0) is 16.3 Å². The third kappa shape index (κ3) is 4.07. The third-order valence-electron chi connectivity index (χ3n) is 3.11. The Bertz CT molecular complexity index is 488. The van der Waals surface area contributed by atoms with E-state index in [1.165, 1.54) is 12.3 Å². The minimum Gasteiger partial charge on any atom is -0.313 e. The van der Waals surface area contributed by atoms with Gasteiger partial charge in [0.2, 0.25) is 0 Å². The molecule has 0 saturated carbocycles. The fourth-order valence-electron chi connectivity index (χ4n) is 1.87. The van der Waals surface area contributed by atoms with Crippen molar-refractivity contribution >= 4 is 9.84 Å². The third-order valence-corrected chi connectivity index (χ3v) is 4.79. The summed E-state index contributed by atoms with van der Waals surface area (Å²) in [6.07, 6.45) is 1.58. The quantitative estimate of drug-likeness (QED) is 0.859. The van der Waals surface area contributed by atoms with Gasteiger partial charge in [-0.25, -0.2) is 12.8 Å². The summed E-state index contributed by atoms with van der Waals surface area (Å²) in [5.41, 5.74) is 0.541. The Morgan fingerprint density at radius 2 is 1.94 bits per heavy atom. The fourth-order valence-corrected chi connectivity index (χ4v) is 2.65. The van der Waals surface area contributed by atoms with Gasteiger partial charge in [0.05, 0.1) is 5.25 Å². The van der Waals surface area contributed by atoms with Gasteiger partial charge in [-0.3, -0.25) is 0 Å². The molecule has 1 aromatic carbocycles. The van der Waals surface area contributed by atoms with Crippen molar-refractivity contribution in [2.75, 3.05) is 12.8 Å². The average Bonchev–Trinajstić information content (AvgIpc) is 2.29. The Hall–Kier alpha value is -0.940. The lowest BCUT2D eigenvalue weighted by atomic mass is 10.0. The van der Waals surface area contributed by atoms with Gasteiger partial charge < -0.3 is 5.32 Å². The van der Waals surface area contributed by atoms with Crippen LogP contribution in [-0.4, -0.2) is 32.5 Å². The van der Waals surface area contributed by atoms with Crippen molar-refractivity contribution in [2.45, 2.75) is 31.6 Å². The second-order valence-electron chi connectivity index (χ2n) is 4.49. The van der Waals surface area contributed by atoms with E-state index >= 15 is 0 Å². The van der Waals surface area contributed by atoms with Gasteiger partial charge in [0, 0.05) is 12.3 Å². The highest BCUT2D eigenvalue weighted by Crippen LogP contribution is 2.14. The molecule has 0 spiro atoms. The van der Waals surface area contributed by atoms with E-state index in [0.717, 1.165) is 0 Å². The van der Waals surface area contributed by atoms with E-state index in [4.69, 9.17) is 0 Å². The van der Waals surface area contributed by atoms with Gasteiger partial charge in [-0.15, -0.1) is 0 Å². The highest BCUT2D eigenvalue weighted by molar-refractivity contribution is 7.91. The van der Waals surface area contributed by atoms with Gasteiger partial charge in [0.15, 0.2) is 9.84 Å². The zero-order valence-corrected chi connectivity index (χ0v) is 11.8. The molecule has 1 rings (SSSR count). The zero-order valence-electron chi connectivity index (χ0n) is 11.0. The van der Waals surface area contributed by atoms with E-state index in [0.29, 0.717) is 18.5 Å². The van der Waals surface area contributed by atoms with Crippen LogP contribution in [0.1, 0.15) is 19.4 Å². The highest BCUT2D eigenvalue weighted by Gasteiger charge is 2.26. The van der Waals surface area contributed by atoms with Crippen molar-refractivity contribution in [1.82, 2.24) is 5.32 Å². The first-order valence-electron chi connectivity index (χ1n) is 6.02. The minimum atomic E-state index is -3.14. The SMILES string of the molecule is CCNC(Cc1ccccc1F)C(C)S(C)(=O)=O. The van der Waals surface area contributed by atoms with Crippen LogP contribution >= 0.6 is 0 Å². The maximum atomic E-state index is 13.6. The van der Waals surface area contributed by atoms with Crippen LogP contribution in [0.25, 0.3) is 0 Å². The van der Waals surface area contributed by atoms with Crippen molar-refractivity contribution in [3.05, 3.63) is 35.6 Å². The van der Waals surface area contributed by atoms with Crippen LogP contribution < -0.4 is 5.32 Å². The topological polar surface area (TPSA) is 46.2 Å². The Labute approximate surface area is 108 Å². The molecule has 2 unspecified atom stereocenters. The Kier molecular flexibility index (Phi) is 5.28. The van der Waals surface area contributed by atoms with E-state index in [9.17, 15) is 12.8 Å². The lowest BCUT2D eigenvalue weighted by molar-refractivity contribution is 0.484. The van der Waals surface area contributed by atoms with Crippen molar-refractivity contribution in [1.29, 1.82) is 0 Å². The molecule has 0 fully saturated rings. The maximum absolute atomic E-state index is 13.6. The van der Waals surface area contributed by atoms with E-state index in [1.54, 1.807) is 25.1 Å². The van der Waals surface area contributed by atoms with Crippen LogP contribution in [0.5, 0.6) is 0 Å². The van der Waals surface area contributed by atoms with Gasteiger partial charge in [0.25, 0.3) is 0 Å². The summed E-state index contributed by atoms with van der Waals surface area (Å²) in [6.45, 7) is 4.21. The first kappa shape index (κ1) is 15.1. The summed E-state index contributed by atoms with van der Waals surface area (Å²) in [5.74, 6) is -0.291. The predicted molar refractivity (Wildman–Crippen MR) is 71.9 cm³/mol. The molecule has 0 heterocycles. The fraction of sp³-hybridized carbons (Fsp3) is 0.538. The lowest BCUT2D eigenvalue weighted by Crippen LogP contribution is -2.43. The second kappa shape index (κ2) is 6.29. The summed E-state index contributed by atoms with van der Waals surface area (Å²) >= 11 is 0. The number of nitrogens with one attached hydrogen (secondary N) is 1. The van der Waals surface area contributed by atoms with Gasteiger partial charge in [-0.1, -0.05) is 25.1 Å². The van der Waals surface area contributed by atoms with Crippen LogP contribution in [0, 0.1) is 5.82 Å². The normalized spacial score (nSPS) is 15.3. The van der Waals surface area contributed by atoms with Crippen molar-refractivity contribution < 1.29 is 12.8 Å². The number of hydrogen-bond donors (Lipinski definition) is 1. The molecule has 0 aliphatic carbocycles. The van der Waals surface area contributed by atoms with Crippen molar-refractivity contribution in [3.63, 3.8) is 0 Å². The van der Waals surface area contributed by atoms with Crippen LogP contribution in [0.2, 0.25) is 0 Å². The Morgan fingerprint density at radius 3 is 2.44 bits per heavy atom. The molecular formula is C13H20FNO2S. The Balaban J connectivity index is 2.91. The molecule has 0 saturated heterocycles. The highest BCUT2D eigenvalue weighted by atomic mass is 32.2. The van der Waals surface area contributed by atoms with Crippen molar-refractivity contribution in [3.8, 4) is 0 Å². The zero-order chi connectivity index (χ0) is 13.8. The molecule has 0 amide bonds. The average molecular weight is 273 g/mol. The number of hydrogen-bond acceptors (Lipinski definition) is 3. The molecule has 0 aliphatic rings. The molecule has 0 aromatic heterocycles. The first-order chi connectivity index (χ1) is 8.36. The summed E-state index contributed by atoms with van der Waals surface area (Å²) in [7, 11) is -3.14. The standard InChI is InChI=1S/C13H20FNO2S/c1-4-15-13(10(2)18(3,16)17)9-11-7-5-6-8-12(11)14/h5-8,10,13,15H,4,9H2,1-3H3. The molecular weight excluding hydrogens is 253 g/mol. The first-order valence-corrected chi connectivity index (χ1v) is 7.97. The number of sulfone groups is 1. The van der Waals surface area contributed by atoms with E-state index in [1.807, 2.05) is 6.92 Å². The molecule has 0 radical (unpaired) electrons. The van der Waals surface area contributed by atoms with Gasteiger partial charge >= 0.3 is 0 Å². The largest absolute Gasteiger partial charge is 0.313 e. The van der Waals surface area contributed by atoms with Crippen LogP contribution in [0.15, 0.2) is 24.3 Å². The lowest BCUT2D eigenvalue weighted by Gasteiger charge is -2.23. The minimum absolute atomic E-state index is 0.276. The second-order valence-corrected chi connectivity index (χ2v) is 6.90. The number of rotatable bonds is 6. The predicted octanol–water partition coefficient (Wildman–Crippen LogP) is 1.78. The summed E-state index contributed by atoms with van der Waals surface area (Å²) in [4.78, 5) is 0. The monoisotopic (exact) mass is 273 g/mol. The van der Waals surface area contributed by atoms with Gasteiger partial charge in [-0.05, 0) is 31.5 Å². The smallest absolute Gasteiger partial charge is 0.151 e. The van der Waals surface area contributed by atoms with Gasteiger partial charge in [-0.2, -0.15) is 0 Å². The van der Waals surface area contributed by atoms with Crippen molar-refractivity contribution in [2.24, 2.45) is 0 Å². The van der Waals surface area contributed by atoms with E-state index in [2.05, 4.69) is 5.32 Å². The summed E-state index contributed by atoms with van der Waals surface area (Å²) in [5, 5.41) is 2.57. The Morgan fingerprint density at radius 1 is 1.33 bits per heavy atom. The molecule has 0 aliphatic heterocycles. The van der Waals surface area contributed by atoms with E-state index in [-0.39, 0.29) is 11.9 Å². The van der Waals surface area contributed by atoms with Gasteiger partial charge in [0.1, 0.15) is 5.82 Å². The molecule has 2 atom stereocenters. The molecule has 0 bridgehead atoms. The van der Waals surface area contributed by atoms with E-state index < -0.39 is 15.1 Å². The number of likely N-dealkylation sites (N-methyl/N-ethyl adjacent to an activating group) is 1. The van der Waals surface area contributed by atoms with Crippen LogP contribution in [0.3, 0.4) is 0 Å². The molecule has 102 valence electrons. The van der Waals surface area contributed by atoms with Crippen LogP contribution in [0.4, 0.5) is 4.39 Å². The molecule has 18 heavy (non-hydrogen) atoms. The molecule has 5 heteroatoms.